The maximum absolute atomic E-state index is 13.4. The minimum absolute atomic E-state index is 0.0706. The van der Waals surface area contributed by atoms with Gasteiger partial charge in [0, 0.05) is 17.8 Å². The van der Waals surface area contributed by atoms with Crippen LogP contribution in [0.15, 0.2) is 72.8 Å². The molecule has 2 N–H and O–H groups in total. The minimum atomic E-state index is -0.948. The number of carbonyl (C=O) groups excluding carboxylic acids is 3. The van der Waals surface area contributed by atoms with E-state index in [4.69, 9.17) is 4.74 Å². The molecule has 4 rings (SSSR count). The van der Waals surface area contributed by atoms with Gasteiger partial charge in [-0.3, -0.25) is 14.5 Å². The lowest BCUT2D eigenvalue weighted by molar-refractivity contribution is -0.126. The Kier molecular flexibility index (Phi) is 7.81. The summed E-state index contributed by atoms with van der Waals surface area (Å²) in [7, 11) is 0. The number of rotatable bonds is 8. The fraction of sp³-hybridized carbons (Fsp3) is 0.250. The molecular weight excluding hydrogens is 480 g/mol. The smallest absolute Gasteiger partial charge is 0.411 e. The summed E-state index contributed by atoms with van der Waals surface area (Å²) in [4.78, 5) is 39.8. The van der Waals surface area contributed by atoms with Gasteiger partial charge >= 0.3 is 6.09 Å². The first-order valence-corrected chi connectivity index (χ1v) is 11.9. The molecule has 1 aliphatic rings. The quantitative estimate of drug-likeness (QED) is 0.447. The molecular formula is C28H27F2N3O4. The highest BCUT2D eigenvalue weighted by molar-refractivity contribution is 6.04. The molecule has 7 nitrogen and oxygen atoms in total. The largest absolute Gasteiger partial charge is 0.438 e. The van der Waals surface area contributed by atoms with Crippen LogP contribution < -0.4 is 10.6 Å². The van der Waals surface area contributed by atoms with E-state index in [1.807, 2.05) is 13.8 Å². The van der Waals surface area contributed by atoms with Crippen LogP contribution in [0.2, 0.25) is 0 Å². The van der Waals surface area contributed by atoms with Gasteiger partial charge in [-0.25, -0.2) is 13.6 Å². The van der Waals surface area contributed by atoms with Crippen LogP contribution in [0.1, 0.15) is 41.4 Å². The lowest BCUT2D eigenvalue weighted by Crippen LogP contribution is -2.47. The van der Waals surface area contributed by atoms with Gasteiger partial charge < -0.3 is 15.4 Å². The molecule has 3 aromatic carbocycles. The number of ether oxygens (including phenoxy) is 1. The van der Waals surface area contributed by atoms with Crippen molar-refractivity contribution in [3.63, 3.8) is 0 Å². The third-order valence-electron chi connectivity index (χ3n) is 5.91. The van der Waals surface area contributed by atoms with E-state index in [1.54, 1.807) is 36.4 Å². The fourth-order valence-electron chi connectivity index (χ4n) is 3.97. The number of nitrogens with zero attached hydrogens (tertiary/aromatic N) is 1. The zero-order valence-electron chi connectivity index (χ0n) is 20.4. The monoisotopic (exact) mass is 507 g/mol. The summed E-state index contributed by atoms with van der Waals surface area (Å²) in [6, 6.07) is 16.5. The Labute approximate surface area is 213 Å². The molecule has 9 heteroatoms. The van der Waals surface area contributed by atoms with E-state index in [9.17, 15) is 23.2 Å². The van der Waals surface area contributed by atoms with Crippen LogP contribution in [0.5, 0.6) is 0 Å². The van der Waals surface area contributed by atoms with Crippen molar-refractivity contribution in [3.05, 3.63) is 101 Å². The Morgan fingerprint density at radius 3 is 2.11 bits per heavy atom. The predicted molar refractivity (Wildman–Crippen MR) is 134 cm³/mol. The SMILES string of the molecule is CC(C)CNC(=O)[C@@H]1[C@@H](c2ccc(NC(=O)c3ccc(F)cc3)cc2)OC(=O)N1Cc1ccc(F)cc1. The molecule has 0 aromatic heterocycles. The summed E-state index contributed by atoms with van der Waals surface area (Å²) in [6.07, 6.45) is -1.55. The van der Waals surface area contributed by atoms with E-state index in [0.717, 1.165) is 0 Å². The summed E-state index contributed by atoms with van der Waals surface area (Å²) in [5.41, 5.74) is 2.00. The van der Waals surface area contributed by atoms with E-state index in [1.165, 1.54) is 41.3 Å². The molecule has 0 saturated carbocycles. The van der Waals surface area contributed by atoms with Crippen LogP contribution >= 0.6 is 0 Å². The van der Waals surface area contributed by atoms with Crippen molar-refractivity contribution < 1.29 is 27.9 Å². The average Bonchev–Trinajstić information content (AvgIpc) is 3.20. The zero-order valence-corrected chi connectivity index (χ0v) is 20.4. The highest BCUT2D eigenvalue weighted by atomic mass is 19.1. The Morgan fingerprint density at radius 2 is 1.51 bits per heavy atom. The highest BCUT2D eigenvalue weighted by Crippen LogP contribution is 2.34. The maximum atomic E-state index is 13.4. The second kappa shape index (κ2) is 11.2. The molecule has 0 spiro atoms. The van der Waals surface area contributed by atoms with E-state index in [-0.39, 0.29) is 18.4 Å². The topological polar surface area (TPSA) is 87.7 Å². The number of nitrogens with one attached hydrogen (secondary N) is 2. The number of cyclic esters (lactones) is 1. The van der Waals surface area contributed by atoms with Crippen molar-refractivity contribution >= 4 is 23.6 Å². The first-order chi connectivity index (χ1) is 17.7. The third kappa shape index (κ3) is 6.30. The number of hydrogen-bond donors (Lipinski definition) is 2. The molecule has 37 heavy (non-hydrogen) atoms. The van der Waals surface area contributed by atoms with Gasteiger partial charge in [0.2, 0.25) is 5.91 Å². The van der Waals surface area contributed by atoms with Crippen molar-refractivity contribution in [3.8, 4) is 0 Å². The van der Waals surface area contributed by atoms with Gasteiger partial charge in [-0.15, -0.1) is 0 Å². The average molecular weight is 508 g/mol. The second-order valence-electron chi connectivity index (χ2n) is 9.23. The van der Waals surface area contributed by atoms with Gasteiger partial charge in [0.25, 0.3) is 5.91 Å². The first-order valence-electron chi connectivity index (χ1n) is 11.9. The van der Waals surface area contributed by atoms with E-state index < -0.39 is 35.8 Å². The minimum Gasteiger partial charge on any atom is -0.438 e. The van der Waals surface area contributed by atoms with Gasteiger partial charge in [0.15, 0.2) is 12.1 Å². The summed E-state index contributed by atoms with van der Waals surface area (Å²) in [5, 5.41) is 5.60. The molecule has 1 aliphatic heterocycles. The van der Waals surface area contributed by atoms with E-state index in [0.29, 0.717) is 28.9 Å². The number of benzene rings is 3. The van der Waals surface area contributed by atoms with Crippen LogP contribution in [0.4, 0.5) is 19.3 Å². The van der Waals surface area contributed by atoms with Crippen LogP contribution in [0, 0.1) is 17.6 Å². The van der Waals surface area contributed by atoms with Gasteiger partial charge in [0.05, 0.1) is 6.54 Å². The fourth-order valence-corrected chi connectivity index (χ4v) is 3.97. The van der Waals surface area contributed by atoms with Crippen LogP contribution in [-0.2, 0) is 16.1 Å². The molecule has 0 aliphatic carbocycles. The van der Waals surface area contributed by atoms with Crippen LogP contribution in [0.3, 0.4) is 0 Å². The molecule has 1 saturated heterocycles. The van der Waals surface area contributed by atoms with E-state index >= 15 is 0 Å². The Morgan fingerprint density at radius 1 is 0.919 bits per heavy atom. The van der Waals surface area contributed by atoms with Crippen LogP contribution in [0.25, 0.3) is 0 Å². The van der Waals surface area contributed by atoms with E-state index in [2.05, 4.69) is 10.6 Å². The van der Waals surface area contributed by atoms with Gasteiger partial charge in [-0.05, 0) is 65.6 Å². The number of halogens is 2. The van der Waals surface area contributed by atoms with Gasteiger partial charge in [-0.1, -0.05) is 38.1 Å². The lowest BCUT2D eigenvalue weighted by Gasteiger charge is -2.24. The first kappa shape index (κ1) is 25.8. The van der Waals surface area contributed by atoms with Crippen molar-refractivity contribution in [1.82, 2.24) is 10.2 Å². The van der Waals surface area contributed by atoms with Gasteiger partial charge in [-0.2, -0.15) is 0 Å². The predicted octanol–water partition coefficient (Wildman–Crippen LogP) is 5.05. The summed E-state index contributed by atoms with van der Waals surface area (Å²) in [5.74, 6) is -1.40. The third-order valence-corrected chi connectivity index (χ3v) is 5.91. The number of hydrogen-bond acceptors (Lipinski definition) is 4. The van der Waals surface area contributed by atoms with Crippen molar-refractivity contribution in [2.24, 2.45) is 5.92 Å². The Balaban J connectivity index is 1.54. The molecule has 1 heterocycles. The molecule has 192 valence electrons. The molecule has 0 unspecified atom stereocenters. The van der Waals surface area contributed by atoms with Crippen molar-refractivity contribution in [2.75, 3.05) is 11.9 Å². The standard InChI is InChI=1S/C28H27F2N3O4/c1-17(2)15-31-27(35)24-25(37-28(36)33(24)16-18-3-9-21(29)10-4-18)19-7-13-23(14-8-19)32-26(34)20-5-11-22(30)12-6-20/h3-14,17,24-25H,15-16H2,1-2H3,(H,31,35)(H,32,34)/t24-,25+/m0/s1. The van der Waals surface area contributed by atoms with Crippen molar-refractivity contribution in [1.29, 1.82) is 0 Å². The summed E-state index contributed by atoms with van der Waals surface area (Å²) < 4.78 is 32.1. The number of amides is 3. The summed E-state index contributed by atoms with van der Waals surface area (Å²) in [6.45, 7) is 4.42. The molecule has 3 aromatic rings. The summed E-state index contributed by atoms with van der Waals surface area (Å²) >= 11 is 0. The van der Waals surface area contributed by atoms with Gasteiger partial charge in [0.1, 0.15) is 11.6 Å². The van der Waals surface area contributed by atoms with Crippen LogP contribution in [-0.4, -0.2) is 35.4 Å². The zero-order chi connectivity index (χ0) is 26.5. The lowest BCUT2D eigenvalue weighted by atomic mass is 10.00. The molecule has 0 radical (unpaired) electrons. The second-order valence-corrected chi connectivity index (χ2v) is 9.23. The highest BCUT2D eigenvalue weighted by Gasteiger charge is 2.46. The van der Waals surface area contributed by atoms with Crippen molar-refractivity contribution in [2.45, 2.75) is 32.5 Å². The number of carbonyl (C=O) groups is 3. The number of anilines is 1. The molecule has 3 amide bonds. The molecule has 0 bridgehead atoms. The normalized spacial score (nSPS) is 17.0. The Hall–Kier alpha value is -4.27. The molecule has 2 atom stereocenters. The maximum Gasteiger partial charge on any atom is 0.411 e. The Bertz CT molecular complexity index is 1260. The molecule has 1 fully saturated rings.